The molecular weight excluding hydrogens is 364 g/mol. The molecule has 1 saturated heterocycles. The molecule has 0 aromatic carbocycles. The first-order valence-corrected chi connectivity index (χ1v) is 9.77. The molecule has 1 aliphatic rings. The average molecular weight is 399 g/mol. The van der Waals surface area contributed by atoms with Gasteiger partial charge >= 0.3 is 6.09 Å². The summed E-state index contributed by atoms with van der Waals surface area (Å²) in [5.74, 6) is -1.49. The molecular formula is C19H34N4O5. The maximum absolute atomic E-state index is 12.8. The van der Waals surface area contributed by atoms with Gasteiger partial charge in [0.15, 0.2) is 0 Å². The predicted octanol–water partition coefficient (Wildman–Crippen LogP) is 0.907. The van der Waals surface area contributed by atoms with Gasteiger partial charge in [0.05, 0.1) is 0 Å². The van der Waals surface area contributed by atoms with Gasteiger partial charge < -0.3 is 26.0 Å². The van der Waals surface area contributed by atoms with Gasteiger partial charge in [0.25, 0.3) is 0 Å². The van der Waals surface area contributed by atoms with Crippen molar-refractivity contribution in [2.75, 3.05) is 6.54 Å². The molecule has 0 aromatic heterocycles. The van der Waals surface area contributed by atoms with Gasteiger partial charge in [0.1, 0.15) is 23.7 Å². The van der Waals surface area contributed by atoms with E-state index in [9.17, 15) is 19.2 Å². The molecule has 1 fully saturated rings. The van der Waals surface area contributed by atoms with Crippen LogP contribution in [0.4, 0.5) is 4.79 Å². The Morgan fingerprint density at radius 2 is 1.79 bits per heavy atom. The van der Waals surface area contributed by atoms with Crippen LogP contribution in [0.1, 0.15) is 60.8 Å². The van der Waals surface area contributed by atoms with Crippen molar-refractivity contribution in [2.24, 2.45) is 11.7 Å². The van der Waals surface area contributed by atoms with E-state index in [1.165, 1.54) is 4.90 Å². The first-order valence-electron chi connectivity index (χ1n) is 9.77. The van der Waals surface area contributed by atoms with E-state index in [1.54, 1.807) is 27.7 Å². The number of carbonyl (C=O) groups is 4. The molecule has 4 N–H and O–H groups in total. The van der Waals surface area contributed by atoms with E-state index in [4.69, 9.17) is 10.5 Å². The van der Waals surface area contributed by atoms with Crippen LogP contribution < -0.4 is 16.4 Å². The highest BCUT2D eigenvalue weighted by molar-refractivity contribution is 5.93. The van der Waals surface area contributed by atoms with Crippen LogP contribution in [-0.2, 0) is 19.1 Å². The second-order valence-corrected chi connectivity index (χ2v) is 8.33. The Hall–Kier alpha value is -2.32. The molecule has 9 heteroatoms. The van der Waals surface area contributed by atoms with E-state index < -0.39 is 41.6 Å². The van der Waals surface area contributed by atoms with Gasteiger partial charge in [-0.3, -0.25) is 14.4 Å². The lowest BCUT2D eigenvalue weighted by molar-refractivity contribution is -0.140. The summed E-state index contributed by atoms with van der Waals surface area (Å²) in [6.45, 7) is 10.9. The Morgan fingerprint density at radius 3 is 2.29 bits per heavy atom. The van der Waals surface area contributed by atoms with Crippen molar-refractivity contribution in [3.05, 3.63) is 0 Å². The van der Waals surface area contributed by atoms with Gasteiger partial charge in [0.2, 0.25) is 17.7 Å². The molecule has 28 heavy (non-hydrogen) atoms. The van der Waals surface area contributed by atoms with Gasteiger partial charge in [-0.25, -0.2) is 4.79 Å². The lowest BCUT2D eigenvalue weighted by Crippen LogP contribution is -2.56. The number of rotatable bonds is 7. The number of alkyl carbamates (subject to hydrolysis) is 1. The van der Waals surface area contributed by atoms with E-state index in [0.717, 1.165) is 0 Å². The Morgan fingerprint density at radius 1 is 1.18 bits per heavy atom. The summed E-state index contributed by atoms with van der Waals surface area (Å²) in [5.41, 5.74) is 4.73. The molecule has 9 nitrogen and oxygen atoms in total. The lowest BCUT2D eigenvalue weighted by atomic mass is 9.98. The van der Waals surface area contributed by atoms with Crippen LogP contribution >= 0.6 is 0 Å². The van der Waals surface area contributed by atoms with E-state index in [1.807, 2.05) is 13.8 Å². The van der Waals surface area contributed by atoms with Crippen molar-refractivity contribution in [1.29, 1.82) is 0 Å². The molecule has 0 saturated carbocycles. The minimum Gasteiger partial charge on any atom is -0.444 e. The minimum atomic E-state index is -0.843. The van der Waals surface area contributed by atoms with Crippen molar-refractivity contribution in [3.63, 3.8) is 0 Å². The van der Waals surface area contributed by atoms with Gasteiger partial charge in [-0.05, 0) is 46.5 Å². The smallest absolute Gasteiger partial charge is 0.408 e. The standard InChI is InChI=1S/C19H34N4O5/c1-7-11(2)14(15(20)24)22-16(25)13-9-8-10-23(13)17(26)12(3)21-18(27)28-19(4,5)6/h11-14H,7-10H2,1-6H3,(H2,20,24)(H,21,27)(H,22,25)/t11-,12-,13+,14+/m1/s1. The van der Waals surface area contributed by atoms with Gasteiger partial charge in [0, 0.05) is 6.54 Å². The number of hydrogen-bond acceptors (Lipinski definition) is 5. The Labute approximate surface area is 166 Å². The lowest BCUT2D eigenvalue weighted by Gasteiger charge is -2.29. The fourth-order valence-electron chi connectivity index (χ4n) is 3.08. The molecule has 0 radical (unpaired) electrons. The Bertz CT molecular complexity index is 602. The predicted molar refractivity (Wildman–Crippen MR) is 104 cm³/mol. The second-order valence-electron chi connectivity index (χ2n) is 8.33. The van der Waals surface area contributed by atoms with Crippen molar-refractivity contribution in [1.82, 2.24) is 15.5 Å². The van der Waals surface area contributed by atoms with Crippen molar-refractivity contribution >= 4 is 23.8 Å². The maximum atomic E-state index is 12.8. The van der Waals surface area contributed by atoms with Crippen LogP contribution in [0.15, 0.2) is 0 Å². The zero-order chi connectivity index (χ0) is 21.6. The van der Waals surface area contributed by atoms with Crippen molar-refractivity contribution < 1.29 is 23.9 Å². The fraction of sp³-hybridized carbons (Fsp3) is 0.789. The van der Waals surface area contributed by atoms with Crippen LogP contribution in [0.5, 0.6) is 0 Å². The highest BCUT2D eigenvalue weighted by Gasteiger charge is 2.38. The number of primary amides is 1. The average Bonchev–Trinajstić information content (AvgIpc) is 3.05. The molecule has 4 atom stereocenters. The van der Waals surface area contributed by atoms with E-state index in [-0.39, 0.29) is 11.8 Å². The Kier molecular flexibility index (Phi) is 8.26. The highest BCUT2D eigenvalue weighted by atomic mass is 16.6. The zero-order valence-electron chi connectivity index (χ0n) is 17.7. The van der Waals surface area contributed by atoms with Crippen LogP contribution in [-0.4, -0.2) is 59.0 Å². The number of likely N-dealkylation sites (tertiary alicyclic amines) is 1. The number of ether oxygens (including phenoxy) is 1. The Balaban J connectivity index is 2.77. The minimum absolute atomic E-state index is 0.111. The summed E-state index contributed by atoms with van der Waals surface area (Å²) >= 11 is 0. The summed E-state index contributed by atoms with van der Waals surface area (Å²) in [6, 6.07) is -2.32. The van der Waals surface area contributed by atoms with Gasteiger partial charge in [-0.15, -0.1) is 0 Å². The molecule has 0 spiro atoms. The molecule has 160 valence electrons. The van der Waals surface area contributed by atoms with E-state index in [2.05, 4.69) is 10.6 Å². The molecule has 0 aliphatic carbocycles. The van der Waals surface area contributed by atoms with Gasteiger partial charge in [-0.2, -0.15) is 0 Å². The molecule has 0 unspecified atom stereocenters. The summed E-state index contributed by atoms with van der Waals surface area (Å²) in [6.07, 6.45) is 1.13. The summed E-state index contributed by atoms with van der Waals surface area (Å²) < 4.78 is 5.16. The summed E-state index contributed by atoms with van der Waals surface area (Å²) in [7, 11) is 0. The zero-order valence-corrected chi connectivity index (χ0v) is 17.7. The molecule has 1 heterocycles. The van der Waals surface area contributed by atoms with Crippen LogP contribution in [0.25, 0.3) is 0 Å². The number of amides is 4. The number of nitrogens with zero attached hydrogens (tertiary/aromatic N) is 1. The monoisotopic (exact) mass is 398 g/mol. The summed E-state index contributed by atoms with van der Waals surface area (Å²) in [5, 5.41) is 5.19. The SMILES string of the molecule is CC[C@@H](C)[C@H](NC(=O)[C@@H]1CCCN1C(=O)[C@@H](C)NC(=O)OC(C)(C)C)C(N)=O. The molecule has 1 aliphatic heterocycles. The van der Waals surface area contributed by atoms with Crippen LogP contribution in [0, 0.1) is 5.92 Å². The largest absolute Gasteiger partial charge is 0.444 e. The summed E-state index contributed by atoms with van der Waals surface area (Å²) in [4.78, 5) is 50.5. The first kappa shape index (κ1) is 23.7. The highest BCUT2D eigenvalue weighted by Crippen LogP contribution is 2.20. The molecule has 1 rings (SSSR count). The van der Waals surface area contributed by atoms with Crippen LogP contribution in [0.2, 0.25) is 0 Å². The van der Waals surface area contributed by atoms with Crippen molar-refractivity contribution in [3.8, 4) is 0 Å². The van der Waals surface area contributed by atoms with Crippen molar-refractivity contribution in [2.45, 2.75) is 84.5 Å². The number of nitrogens with two attached hydrogens (primary N) is 1. The number of hydrogen-bond donors (Lipinski definition) is 3. The van der Waals surface area contributed by atoms with E-state index >= 15 is 0 Å². The molecule has 0 aromatic rings. The number of carbonyl (C=O) groups excluding carboxylic acids is 4. The topological polar surface area (TPSA) is 131 Å². The second kappa shape index (κ2) is 9.75. The van der Waals surface area contributed by atoms with Gasteiger partial charge in [-0.1, -0.05) is 20.3 Å². The van der Waals surface area contributed by atoms with Crippen LogP contribution in [0.3, 0.4) is 0 Å². The first-order chi connectivity index (χ1) is 12.9. The normalized spacial score (nSPS) is 20.1. The number of nitrogens with one attached hydrogen (secondary N) is 2. The van der Waals surface area contributed by atoms with E-state index in [0.29, 0.717) is 25.8 Å². The molecule has 0 bridgehead atoms. The quantitative estimate of drug-likeness (QED) is 0.586. The fourth-order valence-corrected chi connectivity index (χ4v) is 3.08. The molecule has 4 amide bonds. The maximum Gasteiger partial charge on any atom is 0.408 e. The third-order valence-electron chi connectivity index (χ3n) is 4.76. The third-order valence-corrected chi connectivity index (χ3v) is 4.76. The third kappa shape index (κ3) is 6.69.